The molecule has 6 heteroatoms. The molecule has 0 bridgehead atoms. The zero-order valence-electron chi connectivity index (χ0n) is 17.7. The second-order valence-corrected chi connectivity index (χ2v) is 9.93. The Hall–Kier alpha value is -0.170. The number of unbranched alkanes of at least 4 members (excludes halogenated alkanes) is 9. The van der Waals surface area contributed by atoms with E-state index in [9.17, 15) is 8.42 Å². The lowest BCUT2D eigenvalue weighted by Crippen LogP contribution is -2.33. The third-order valence-corrected chi connectivity index (χ3v) is 5.00. The Balaban J connectivity index is 3.77. The Bertz CT molecular complexity index is 443. The third kappa shape index (κ3) is 17.3. The molecule has 5 nitrogen and oxygen atoms in total. The lowest BCUT2D eigenvalue weighted by molar-refractivity contribution is -0.0691. The molecular formula is C20H42O5S. The van der Waals surface area contributed by atoms with Gasteiger partial charge in [-0.25, -0.2) is 4.18 Å². The SMILES string of the molecule is CCCCCCCCCCCCC(C)(C)OCC(C)(C)COS(=O)(=O)O. The second-order valence-electron chi connectivity index (χ2n) is 8.83. The lowest BCUT2D eigenvalue weighted by Gasteiger charge is -2.31. The maximum absolute atomic E-state index is 10.7. The molecule has 1 N–H and O–H groups in total. The summed E-state index contributed by atoms with van der Waals surface area (Å²) in [6.07, 6.45) is 14.1. The molecule has 0 aromatic heterocycles. The van der Waals surface area contributed by atoms with E-state index in [-0.39, 0.29) is 12.2 Å². The fourth-order valence-corrected chi connectivity index (χ4v) is 3.24. The van der Waals surface area contributed by atoms with Crippen molar-refractivity contribution in [3.05, 3.63) is 0 Å². The highest BCUT2D eigenvalue weighted by Gasteiger charge is 2.26. The van der Waals surface area contributed by atoms with Crippen LogP contribution in [0, 0.1) is 5.41 Å². The number of hydrogen-bond donors (Lipinski definition) is 1. The minimum absolute atomic E-state index is 0.0971. The molecule has 0 unspecified atom stereocenters. The van der Waals surface area contributed by atoms with Gasteiger partial charge in [-0.2, -0.15) is 8.42 Å². The van der Waals surface area contributed by atoms with Crippen LogP contribution >= 0.6 is 0 Å². The van der Waals surface area contributed by atoms with Crippen molar-refractivity contribution in [3.8, 4) is 0 Å². The van der Waals surface area contributed by atoms with Crippen LogP contribution in [0.15, 0.2) is 0 Å². The van der Waals surface area contributed by atoms with Gasteiger partial charge >= 0.3 is 10.4 Å². The van der Waals surface area contributed by atoms with E-state index in [0.29, 0.717) is 6.61 Å². The maximum atomic E-state index is 10.7. The molecule has 26 heavy (non-hydrogen) atoms. The van der Waals surface area contributed by atoms with Gasteiger partial charge in [-0.15, -0.1) is 0 Å². The van der Waals surface area contributed by atoms with Gasteiger partial charge in [-0.05, 0) is 20.3 Å². The van der Waals surface area contributed by atoms with E-state index in [1.54, 1.807) is 0 Å². The minimum atomic E-state index is -4.40. The fourth-order valence-electron chi connectivity index (χ4n) is 2.78. The molecule has 0 aliphatic rings. The summed E-state index contributed by atoms with van der Waals surface area (Å²) in [4.78, 5) is 0. The van der Waals surface area contributed by atoms with Crippen LogP contribution in [0.2, 0.25) is 0 Å². The van der Waals surface area contributed by atoms with Gasteiger partial charge < -0.3 is 4.74 Å². The quantitative estimate of drug-likeness (QED) is 0.244. The van der Waals surface area contributed by atoms with Gasteiger partial charge in [0.2, 0.25) is 0 Å². The summed E-state index contributed by atoms with van der Waals surface area (Å²) in [7, 11) is -4.40. The van der Waals surface area contributed by atoms with Crippen LogP contribution in [0.4, 0.5) is 0 Å². The molecular weight excluding hydrogens is 352 g/mol. The zero-order chi connectivity index (χ0) is 20.1. The topological polar surface area (TPSA) is 72.8 Å². The minimum Gasteiger partial charge on any atom is -0.375 e. The summed E-state index contributed by atoms with van der Waals surface area (Å²) in [5, 5.41) is 0. The van der Waals surface area contributed by atoms with Crippen molar-refractivity contribution in [2.45, 2.75) is 111 Å². The summed E-state index contributed by atoms with van der Waals surface area (Å²) < 4.78 is 40.5. The van der Waals surface area contributed by atoms with E-state index in [1.165, 1.54) is 57.8 Å². The fraction of sp³-hybridized carbons (Fsp3) is 1.00. The van der Waals surface area contributed by atoms with Crippen molar-refractivity contribution in [1.82, 2.24) is 0 Å². The second kappa shape index (κ2) is 13.1. The molecule has 0 amide bonds. The average molecular weight is 395 g/mol. The number of ether oxygens (including phenoxy) is 1. The van der Waals surface area contributed by atoms with Crippen LogP contribution in [-0.2, 0) is 19.3 Å². The molecule has 0 spiro atoms. The van der Waals surface area contributed by atoms with Crippen molar-refractivity contribution in [2.75, 3.05) is 13.2 Å². The average Bonchev–Trinajstić information content (AvgIpc) is 2.53. The molecule has 0 heterocycles. The van der Waals surface area contributed by atoms with Gasteiger partial charge in [0.1, 0.15) is 0 Å². The van der Waals surface area contributed by atoms with Crippen LogP contribution in [-0.4, -0.2) is 31.8 Å². The first-order valence-corrected chi connectivity index (χ1v) is 11.6. The highest BCUT2D eigenvalue weighted by molar-refractivity contribution is 7.80. The highest BCUT2D eigenvalue weighted by Crippen LogP contribution is 2.25. The van der Waals surface area contributed by atoms with Crippen molar-refractivity contribution in [3.63, 3.8) is 0 Å². The molecule has 158 valence electrons. The van der Waals surface area contributed by atoms with E-state index in [2.05, 4.69) is 25.0 Å². The summed E-state index contributed by atoms with van der Waals surface area (Å²) in [6, 6.07) is 0. The highest BCUT2D eigenvalue weighted by atomic mass is 32.3. The van der Waals surface area contributed by atoms with Gasteiger partial charge in [0.25, 0.3) is 0 Å². The first kappa shape index (κ1) is 25.8. The molecule has 0 aliphatic carbocycles. The Morgan fingerprint density at radius 1 is 0.769 bits per heavy atom. The van der Waals surface area contributed by atoms with Crippen molar-refractivity contribution >= 4 is 10.4 Å². The summed E-state index contributed by atoms with van der Waals surface area (Å²) in [5.41, 5.74) is -0.722. The standard InChI is InChI=1S/C20H42O5S/c1-6-7-8-9-10-11-12-13-14-15-16-20(4,5)24-17-19(2,3)18-25-26(21,22)23/h6-18H2,1-5H3,(H,21,22,23). The van der Waals surface area contributed by atoms with Crippen molar-refractivity contribution in [2.24, 2.45) is 5.41 Å². The molecule has 0 rings (SSSR count). The molecule has 0 aromatic carbocycles. The largest absolute Gasteiger partial charge is 0.397 e. The van der Waals surface area contributed by atoms with E-state index in [1.807, 2.05) is 13.8 Å². The van der Waals surface area contributed by atoms with Crippen LogP contribution in [0.5, 0.6) is 0 Å². The Morgan fingerprint density at radius 2 is 1.23 bits per heavy atom. The Labute approximate surface area is 162 Å². The molecule has 0 saturated carbocycles. The molecule has 0 atom stereocenters. The Morgan fingerprint density at radius 3 is 1.69 bits per heavy atom. The van der Waals surface area contributed by atoms with Gasteiger partial charge in [-0.3, -0.25) is 4.55 Å². The van der Waals surface area contributed by atoms with Crippen LogP contribution in [0.3, 0.4) is 0 Å². The third-order valence-electron chi connectivity index (χ3n) is 4.58. The smallest absolute Gasteiger partial charge is 0.375 e. The number of rotatable bonds is 17. The zero-order valence-corrected chi connectivity index (χ0v) is 18.5. The van der Waals surface area contributed by atoms with Crippen molar-refractivity contribution in [1.29, 1.82) is 0 Å². The van der Waals surface area contributed by atoms with Gasteiger partial charge in [0, 0.05) is 5.41 Å². The summed E-state index contributed by atoms with van der Waals surface area (Å²) in [6.45, 7) is 10.4. The molecule has 0 saturated heterocycles. The first-order valence-electron chi connectivity index (χ1n) is 10.2. The van der Waals surface area contributed by atoms with E-state index in [4.69, 9.17) is 9.29 Å². The first-order chi connectivity index (χ1) is 12.0. The molecule has 0 radical (unpaired) electrons. The lowest BCUT2D eigenvalue weighted by atomic mass is 9.94. The maximum Gasteiger partial charge on any atom is 0.397 e. The van der Waals surface area contributed by atoms with Crippen LogP contribution < -0.4 is 0 Å². The molecule has 0 aromatic rings. The molecule has 0 aliphatic heterocycles. The van der Waals surface area contributed by atoms with Gasteiger partial charge in [0.15, 0.2) is 0 Å². The van der Waals surface area contributed by atoms with Crippen molar-refractivity contribution < 1.29 is 21.9 Å². The van der Waals surface area contributed by atoms with Crippen LogP contribution in [0.25, 0.3) is 0 Å². The van der Waals surface area contributed by atoms with Gasteiger partial charge in [0.05, 0.1) is 18.8 Å². The normalized spacial score (nSPS) is 13.3. The Kier molecular flexibility index (Phi) is 13.0. The predicted molar refractivity (Wildman–Crippen MR) is 108 cm³/mol. The van der Waals surface area contributed by atoms with Crippen LogP contribution in [0.1, 0.15) is 105 Å². The van der Waals surface area contributed by atoms with E-state index in [0.717, 1.165) is 12.8 Å². The van der Waals surface area contributed by atoms with Gasteiger partial charge in [-0.1, -0.05) is 85.0 Å². The van der Waals surface area contributed by atoms with E-state index < -0.39 is 15.8 Å². The summed E-state index contributed by atoms with van der Waals surface area (Å²) in [5.74, 6) is 0. The monoisotopic (exact) mass is 394 g/mol. The number of hydrogen-bond acceptors (Lipinski definition) is 4. The van der Waals surface area contributed by atoms with E-state index >= 15 is 0 Å². The molecule has 0 fully saturated rings. The summed E-state index contributed by atoms with van der Waals surface area (Å²) >= 11 is 0. The predicted octanol–water partition coefficient (Wildman–Crippen LogP) is 5.94.